The maximum atomic E-state index is 5.79. The molecule has 2 nitrogen and oxygen atoms in total. The van der Waals surface area contributed by atoms with Gasteiger partial charge >= 0.3 is 0 Å². The first-order valence-corrected chi connectivity index (χ1v) is 18.0. The molecule has 0 fully saturated rings. The average molecular weight is 363 g/mol. The molecule has 110 valence electrons. The SMILES string of the molecule is C[Si](C)(C)OCCSSSSCCO[Si](C)(C)C. The van der Waals surface area contributed by atoms with Gasteiger partial charge in [0.15, 0.2) is 16.6 Å². The van der Waals surface area contributed by atoms with Crippen molar-refractivity contribution in [2.45, 2.75) is 39.3 Å². The molecule has 0 aliphatic rings. The van der Waals surface area contributed by atoms with Gasteiger partial charge in [0, 0.05) is 24.7 Å². The summed E-state index contributed by atoms with van der Waals surface area (Å²) >= 11 is 0. The van der Waals surface area contributed by atoms with Crippen molar-refractivity contribution in [3.63, 3.8) is 0 Å². The highest BCUT2D eigenvalue weighted by Gasteiger charge is 2.14. The van der Waals surface area contributed by atoms with Gasteiger partial charge < -0.3 is 8.85 Å². The maximum absolute atomic E-state index is 5.79. The van der Waals surface area contributed by atoms with Gasteiger partial charge in [0.05, 0.1) is 0 Å². The van der Waals surface area contributed by atoms with Crippen LogP contribution in [0.1, 0.15) is 0 Å². The lowest BCUT2D eigenvalue weighted by atomic mass is 10.9. The van der Waals surface area contributed by atoms with Gasteiger partial charge in [-0.2, -0.15) is 0 Å². The molecule has 0 N–H and O–H groups in total. The second-order valence-corrected chi connectivity index (χ2v) is 21.0. The zero-order chi connectivity index (χ0) is 14.1. The van der Waals surface area contributed by atoms with Crippen molar-refractivity contribution in [2.75, 3.05) is 24.7 Å². The van der Waals surface area contributed by atoms with E-state index in [0.717, 1.165) is 24.7 Å². The first kappa shape index (κ1) is 19.8. The van der Waals surface area contributed by atoms with Crippen LogP contribution in [0.4, 0.5) is 0 Å². The van der Waals surface area contributed by atoms with Crippen LogP contribution in [-0.4, -0.2) is 41.4 Å². The van der Waals surface area contributed by atoms with Crippen LogP contribution in [-0.2, 0) is 8.85 Å². The Bertz CT molecular complexity index is 185. The summed E-state index contributed by atoms with van der Waals surface area (Å²) < 4.78 is 11.6. The fourth-order valence-electron chi connectivity index (χ4n) is 0.871. The highest BCUT2D eigenvalue weighted by Crippen LogP contribution is 2.42. The van der Waals surface area contributed by atoms with E-state index in [0.29, 0.717) is 0 Å². The summed E-state index contributed by atoms with van der Waals surface area (Å²) in [4.78, 5) is 0. The van der Waals surface area contributed by atoms with Crippen molar-refractivity contribution in [3.05, 3.63) is 0 Å². The molecule has 0 atom stereocenters. The van der Waals surface area contributed by atoms with Crippen molar-refractivity contribution in [1.29, 1.82) is 0 Å². The van der Waals surface area contributed by atoms with E-state index in [1.807, 2.05) is 41.2 Å². The minimum absolute atomic E-state index is 0.886. The smallest absolute Gasteiger partial charge is 0.183 e. The van der Waals surface area contributed by atoms with Crippen LogP contribution in [0.25, 0.3) is 0 Å². The van der Waals surface area contributed by atoms with E-state index in [4.69, 9.17) is 8.85 Å². The summed E-state index contributed by atoms with van der Waals surface area (Å²) in [6.07, 6.45) is 0. The van der Waals surface area contributed by atoms with Crippen LogP contribution < -0.4 is 0 Å². The minimum atomic E-state index is -1.31. The molecule has 0 aromatic carbocycles. The Morgan fingerprint density at radius 3 is 1.28 bits per heavy atom. The Balaban J connectivity index is 3.13. The Kier molecular flexibility index (Phi) is 11.5. The lowest BCUT2D eigenvalue weighted by Crippen LogP contribution is -2.26. The molecule has 0 spiro atoms. The molecule has 0 saturated heterocycles. The topological polar surface area (TPSA) is 18.5 Å². The van der Waals surface area contributed by atoms with Gasteiger partial charge in [0.2, 0.25) is 0 Å². The van der Waals surface area contributed by atoms with E-state index in [9.17, 15) is 0 Å². The molecule has 18 heavy (non-hydrogen) atoms. The Morgan fingerprint density at radius 2 is 1.00 bits per heavy atom. The maximum Gasteiger partial charge on any atom is 0.183 e. The molecule has 0 amide bonds. The number of hydrogen-bond donors (Lipinski definition) is 0. The van der Waals surface area contributed by atoms with Gasteiger partial charge in [0.25, 0.3) is 0 Å². The molecule has 0 saturated carbocycles. The monoisotopic (exact) mass is 362 g/mol. The third-order valence-electron chi connectivity index (χ3n) is 1.53. The first-order chi connectivity index (χ1) is 8.21. The van der Waals surface area contributed by atoms with Crippen LogP contribution >= 0.6 is 41.2 Å². The normalized spacial score (nSPS) is 13.0. The van der Waals surface area contributed by atoms with E-state index in [2.05, 4.69) is 39.3 Å². The first-order valence-electron chi connectivity index (χ1n) is 6.06. The van der Waals surface area contributed by atoms with Crippen LogP contribution in [0, 0.1) is 0 Å². The Morgan fingerprint density at radius 1 is 0.667 bits per heavy atom. The van der Waals surface area contributed by atoms with Crippen molar-refractivity contribution in [1.82, 2.24) is 0 Å². The van der Waals surface area contributed by atoms with Gasteiger partial charge in [0.1, 0.15) is 0 Å². The molecule has 0 aliphatic carbocycles. The van der Waals surface area contributed by atoms with Crippen molar-refractivity contribution < 1.29 is 8.85 Å². The lowest BCUT2D eigenvalue weighted by molar-refractivity contribution is 0.338. The molecule has 0 aromatic heterocycles. The predicted octanol–water partition coefficient (Wildman–Crippen LogP) is 5.37. The summed E-state index contributed by atoms with van der Waals surface area (Å²) in [5, 5.41) is 0. The van der Waals surface area contributed by atoms with E-state index >= 15 is 0 Å². The highest BCUT2D eigenvalue weighted by molar-refractivity contribution is 9.26. The fourth-order valence-corrected chi connectivity index (χ4v) is 8.22. The third kappa shape index (κ3) is 17.8. The molecule has 0 radical (unpaired) electrons. The van der Waals surface area contributed by atoms with Crippen molar-refractivity contribution in [2.24, 2.45) is 0 Å². The fraction of sp³-hybridized carbons (Fsp3) is 1.00. The zero-order valence-electron chi connectivity index (χ0n) is 12.3. The molecule has 0 unspecified atom stereocenters. The summed E-state index contributed by atoms with van der Waals surface area (Å²) in [5.74, 6) is 2.15. The van der Waals surface area contributed by atoms with Crippen LogP contribution in [0.2, 0.25) is 39.3 Å². The summed E-state index contributed by atoms with van der Waals surface area (Å²) in [6, 6.07) is 0. The van der Waals surface area contributed by atoms with E-state index in [-0.39, 0.29) is 0 Å². The van der Waals surface area contributed by atoms with Crippen molar-refractivity contribution in [3.8, 4) is 0 Å². The minimum Gasteiger partial charge on any atom is -0.417 e. The number of rotatable bonds is 11. The standard InChI is InChI=1S/C10H26O2S4Si2/c1-17(2,3)11-7-9-13-15-16-14-10-8-12-18(4,5)6/h7-10H2,1-6H3. The van der Waals surface area contributed by atoms with E-state index in [1.165, 1.54) is 0 Å². The second-order valence-electron chi connectivity index (χ2n) is 5.70. The zero-order valence-corrected chi connectivity index (χ0v) is 17.5. The molecule has 0 bridgehead atoms. The largest absolute Gasteiger partial charge is 0.417 e. The highest BCUT2D eigenvalue weighted by atomic mass is 33.7. The summed E-state index contributed by atoms with van der Waals surface area (Å²) in [7, 11) is 4.84. The van der Waals surface area contributed by atoms with Crippen LogP contribution in [0.5, 0.6) is 0 Å². The molecular formula is C10H26O2S4Si2. The Hall–Kier alpha value is 1.75. The quantitative estimate of drug-likeness (QED) is 0.277. The van der Waals surface area contributed by atoms with E-state index in [1.54, 1.807) is 0 Å². The van der Waals surface area contributed by atoms with Gasteiger partial charge in [-0.25, -0.2) is 0 Å². The summed E-state index contributed by atoms with van der Waals surface area (Å²) in [6.45, 7) is 15.2. The van der Waals surface area contributed by atoms with Gasteiger partial charge in [-0.15, -0.1) is 0 Å². The molecular weight excluding hydrogens is 337 g/mol. The third-order valence-corrected chi connectivity index (χ3v) is 10.1. The molecule has 0 aliphatic heterocycles. The summed E-state index contributed by atoms with van der Waals surface area (Å²) in [5.41, 5.74) is 0. The Labute approximate surface area is 130 Å². The van der Waals surface area contributed by atoms with E-state index < -0.39 is 16.6 Å². The lowest BCUT2D eigenvalue weighted by Gasteiger charge is -2.16. The van der Waals surface area contributed by atoms with Crippen molar-refractivity contribution >= 4 is 57.9 Å². The van der Waals surface area contributed by atoms with Crippen LogP contribution in [0.15, 0.2) is 0 Å². The van der Waals surface area contributed by atoms with Gasteiger partial charge in [-0.3, -0.25) is 0 Å². The average Bonchev–Trinajstić information content (AvgIpc) is 2.17. The second kappa shape index (κ2) is 10.5. The molecule has 0 heterocycles. The molecule has 0 rings (SSSR count). The van der Waals surface area contributed by atoms with Crippen LogP contribution in [0.3, 0.4) is 0 Å². The van der Waals surface area contributed by atoms with Gasteiger partial charge in [-0.1, -0.05) is 21.6 Å². The van der Waals surface area contributed by atoms with Gasteiger partial charge in [-0.05, 0) is 58.9 Å². The molecule has 8 heteroatoms. The number of hydrogen-bond acceptors (Lipinski definition) is 6. The molecule has 0 aromatic rings. The predicted molar refractivity (Wildman–Crippen MR) is 98.7 cm³/mol.